The Hall–Kier alpha value is -2.23. The van der Waals surface area contributed by atoms with Crippen LogP contribution in [0, 0.1) is 27.7 Å². The molecule has 0 fully saturated rings. The van der Waals surface area contributed by atoms with Crippen molar-refractivity contribution >= 4 is 11.6 Å². The number of nitrogens with one attached hydrogen (secondary N) is 1. The van der Waals surface area contributed by atoms with Gasteiger partial charge in [0.25, 0.3) is 5.91 Å². The van der Waals surface area contributed by atoms with Gasteiger partial charge in [-0.05, 0) is 45.2 Å². The van der Waals surface area contributed by atoms with Crippen molar-refractivity contribution in [1.82, 2.24) is 9.97 Å². The summed E-state index contributed by atoms with van der Waals surface area (Å²) < 4.78 is 0. The molecule has 0 saturated heterocycles. The molecule has 110 valence electrons. The highest BCUT2D eigenvalue weighted by Gasteiger charge is 2.17. The van der Waals surface area contributed by atoms with E-state index in [9.17, 15) is 4.79 Å². The molecule has 0 saturated carbocycles. The number of carbonyl (C=O) groups is 1. The lowest BCUT2D eigenvalue weighted by molar-refractivity contribution is 0.102. The largest absolute Gasteiger partial charge is 0.321 e. The van der Waals surface area contributed by atoms with Crippen LogP contribution in [0.3, 0.4) is 0 Å². The zero-order valence-electron chi connectivity index (χ0n) is 13.2. The Morgan fingerprint density at radius 1 is 1.10 bits per heavy atom. The second kappa shape index (κ2) is 6.04. The lowest BCUT2D eigenvalue weighted by Gasteiger charge is -2.15. The summed E-state index contributed by atoms with van der Waals surface area (Å²) in [6.45, 7) is 9.60. The van der Waals surface area contributed by atoms with Crippen molar-refractivity contribution in [3.63, 3.8) is 0 Å². The van der Waals surface area contributed by atoms with Gasteiger partial charge in [0.2, 0.25) is 0 Å². The van der Waals surface area contributed by atoms with Crippen LogP contribution < -0.4 is 5.32 Å². The van der Waals surface area contributed by atoms with E-state index in [0.717, 1.165) is 23.2 Å². The van der Waals surface area contributed by atoms with Crippen LogP contribution in [0.5, 0.6) is 0 Å². The maximum absolute atomic E-state index is 12.6. The Morgan fingerprint density at radius 2 is 1.71 bits per heavy atom. The van der Waals surface area contributed by atoms with Crippen LogP contribution in [-0.4, -0.2) is 15.9 Å². The van der Waals surface area contributed by atoms with Crippen molar-refractivity contribution in [3.05, 3.63) is 52.1 Å². The second-order valence-corrected chi connectivity index (χ2v) is 5.23. The van der Waals surface area contributed by atoms with E-state index in [0.29, 0.717) is 22.8 Å². The Balaban J connectivity index is 2.40. The average Bonchev–Trinajstić information content (AvgIpc) is 2.39. The summed E-state index contributed by atoms with van der Waals surface area (Å²) in [5, 5.41) is 3.03. The van der Waals surface area contributed by atoms with E-state index < -0.39 is 0 Å². The fourth-order valence-electron chi connectivity index (χ4n) is 2.59. The summed E-state index contributed by atoms with van der Waals surface area (Å²) in [6.07, 6.45) is 0.875. The van der Waals surface area contributed by atoms with Gasteiger partial charge in [-0.2, -0.15) is 0 Å². The molecule has 2 aromatic rings. The fraction of sp³-hybridized carbons (Fsp3) is 0.353. The van der Waals surface area contributed by atoms with Gasteiger partial charge in [0.05, 0.1) is 17.0 Å². The number of hydrogen-bond acceptors (Lipinski definition) is 3. The minimum atomic E-state index is -0.144. The van der Waals surface area contributed by atoms with Gasteiger partial charge < -0.3 is 5.32 Å². The molecule has 2 rings (SSSR count). The Morgan fingerprint density at radius 3 is 2.29 bits per heavy atom. The van der Waals surface area contributed by atoms with Crippen LogP contribution >= 0.6 is 0 Å². The van der Waals surface area contributed by atoms with Crippen molar-refractivity contribution in [2.24, 2.45) is 0 Å². The molecule has 1 heterocycles. The van der Waals surface area contributed by atoms with Gasteiger partial charge in [0.15, 0.2) is 0 Å². The van der Waals surface area contributed by atoms with Gasteiger partial charge in [0, 0.05) is 5.69 Å². The number of rotatable bonds is 3. The molecule has 0 aliphatic rings. The summed E-state index contributed by atoms with van der Waals surface area (Å²) >= 11 is 0. The first-order chi connectivity index (χ1) is 9.93. The Bertz CT molecular complexity index is 669. The highest BCUT2D eigenvalue weighted by Crippen LogP contribution is 2.22. The molecule has 4 nitrogen and oxygen atoms in total. The summed E-state index contributed by atoms with van der Waals surface area (Å²) in [4.78, 5) is 21.2. The quantitative estimate of drug-likeness (QED) is 0.937. The van der Waals surface area contributed by atoms with Crippen molar-refractivity contribution in [1.29, 1.82) is 0 Å². The molecule has 0 unspecified atom stereocenters. The van der Waals surface area contributed by atoms with Crippen LogP contribution in [0.15, 0.2) is 18.2 Å². The number of nitrogens with zero attached hydrogens (tertiary/aromatic N) is 2. The number of para-hydroxylation sites is 1. The van der Waals surface area contributed by atoms with E-state index in [1.807, 2.05) is 45.9 Å². The first-order valence-corrected chi connectivity index (χ1v) is 7.15. The van der Waals surface area contributed by atoms with Crippen LogP contribution in [0.2, 0.25) is 0 Å². The summed E-state index contributed by atoms with van der Waals surface area (Å²) in [5.74, 6) is 0.542. The van der Waals surface area contributed by atoms with Crippen LogP contribution in [0.4, 0.5) is 5.69 Å². The van der Waals surface area contributed by atoms with Crippen molar-refractivity contribution in [2.75, 3.05) is 5.32 Å². The van der Waals surface area contributed by atoms with Gasteiger partial charge in [-0.25, -0.2) is 9.97 Å². The van der Waals surface area contributed by atoms with E-state index in [2.05, 4.69) is 22.2 Å². The summed E-state index contributed by atoms with van der Waals surface area (Å²) in [7, 11) is 0. The molecule has 0 atom stereocenters. The molecular weight excluding hydrogens is 262 g/mol. The van der Waals surface area contributed by atoms with Crippen molar-refractivity contribution < 1.29 is 4.79 Å². The summed E-state index contributed by atoms with van der Waals surface area (Å²) in [5.41, 5.74) is 5.07. The Kier molecular flexibility index (Phi) is 4.36. The van der Waals surface area contributed by atoms with Gasteiger partial charge in [-0.3, -0.25) is 4.79 Å². The minimum absolute atomic E-state index is 0.144. The zero-order chi connectivity index (χ0) is 15.6. The molecule has 0 bridgehead atoms. The predicted octanol–water partition coefficient (Wildman–Crippen LogP) is 3.52. The normalized spacial score (nSPS) is 10.5. The smallest absolute Gasteiger partial charge is 0.259 e. The molecule has 0 radical (unpaired) electrons. The molecular formula is C17H21N3O. The monoisotopic (exact) mass is 283 g/mol. The van der Waals surface area contributed by atoms with Crippen molar-refractivity contribution in [3.8, 4) is 0 Å². The van der Waals surface area contributed by atoms with Crippen LogP contribution in [0.25, 0.3) is 0 Å². The third-order valence-corrected chi connectivity index (χ3v) is 3.59. The standard InChI is InChI=1S/C17H21N3O/c1-6-14-9-7-8-10(2)16(14)20-17(21)15-11(3)18-13(5)19-12(15)4/h7-9H,6H2,1-5H3,(H,20,21). The van der Waals surface area contributed by atoms with Crippen LogP contribution in [-0.2, 0) is 6.42 Å². The molecule has 0 spiro atoms. The van der Waals surface area contributed by atoms with E-state index >= 15 is 0 Å². The van der Waals surface area contributed by atoms with Gasteiger partial charge >= 0.3 is 0 Å². The number of amides is 1. The number of aryl methyl sites for hydroxylation is 5. The van der Waals surface area contributed by atoms with Gasteiger partial charge in [0.1, 0.15) is 5.82 Å². The highest BCUT2D eigenvalue weighted by atomic mass is 16.1. The SMILES string of the molecule is CCc1cccc(C)c1NC(=O)c1c(C)nc(C)nc1C. The topological polar surface area (TPSA) is 54.9 Å². The summed E-state index contributed by atoms with van der Waals surface area (Å²) in [6, 6.07) is 6.05. The van der Waals surface area contributed by atoms with Crippen LogP contribution in [0.1, 0.15) is 45.6 Å². The number of anilines is 1. The zero-order valence-corrected chi connectivity index (χ0v) is 13.2. The van der Waals surface area contributed by atoms with Crippen molar-refractivity contribution in [2.45, 2.75) is 41.0 Å². The van der Waals surface area contributed by atoms with Gasteiger partial charge in [-0.15, -0.1) is 0 Å². The second-order valence-electron chi connectivity index (χ2n) is 5.23. The minimum Gasteiger partial charge on any atom is -0.321 e. The molecule has 0 aliphatic carbocycles. The third kappa shape index (κ3) is 3.10. The first kappa shape index (κ1) is 15.2. The number of aromatic nitrogens is 2. The molecule has 4 heteroatoms. The lowest BCUT2D eigenvalue weighted by atomic mass is 10.0. The number of benzene rings is 1. The highest BCUT2D eigenvalue weighted by molar-refractivity contribution is 6.06. The number of carbonyl (C=O) groups excluding carboxylic acids is 1. The van der Waals surface area contributed by atoms with E-state index in [4.69, 9.17) is 0 Å². The molecule has 1 amide bonds. The molecule has 1 aromatic heterocycles. The fourth-order valence-corrected chi connectivity index (χ4v) is 2.59. The number of hydrogen-bond donors (Lipinski definition) is 1. The third-order valence-electron chi connectivity index (χ3n) is 3.59. The predicted molar refractivity (Wildman–Crippen MR) is 84.8 cm³/mol. The van der Waals surface area contributed by atoms with E-state index in [1.54, 1.807) is 0 Å². The molecule has 1 aromatic carbocycles. The molecule has 1 N–H and O–H groups in total. The first-order valence-electron chi connectivity index (χ1n) is 7.15. The lowest BCUT2D eigenvalue weighted by Crippen LogP contribution is -2.19. The van der Waals surface area contributed by atoms with E-state index in [-0.39, 0.29) is 5.91 Å². The maximum atomic E-state index is 12.6. The molecule has 21 heavy (non-hydrogen) atoms. The average molecular weight is 283 g/mol. The molecule has 0 aliphatic heterocycles. The van der Waals surface area contributed by atoms with Gasteiger partial charge in [-0.1, -0.05) is 25.1 Å². The Labute approximate surface area is 125 Å². The maximum Gasteiger partial charge on any atom is 0.259 e. The van der Waals surface area contributed by atoms with E-state index in [1.165, 1.54) is 0 Å².